The lowest BCUT2D eigenvalue weighted by Gasteiger charge is -2.04. The maximum Gasteiger partial charge on any atom is 0.233 e. The van der Waals surface area contributed by atoms with Gasteiger partial charge in [-0.05, 0) is 48.5 Å². The number of halogens is 1. The second kappa shape index (κ2) is 7.47. The molecule has 2 nitrogen and oxygen atoms in total. The summed E-state index contributed by atoms with van der Waals surface area (Å²) in [6.07, 6.45) is 0. The van der Waals surface area contributed by atoms with E-state index < -0.39 is 11.6 Å². The van der Waals surface area contributed by atoms with Crippen molar-refractivity contribution in [3.8, 4) is 0 Å². The zero-order chi connectivity index (χ0) is 16.9. The fourth-order valence-electron chi connectivity index (χ4n) is 2.16. The maximum atomic E-state index is 12.3. The molecule has 3 rings (SSSR count). The molecule has 0 heterocycles. The second-order valence-corrected chi connectivity index (χ2v) is 6.69. The number of hydrogen-bond acceptors (Lipinski definition) is 3. The largest absolute Gasteiger partial charge is 0.285 e. The van der Waals surface area contributed by atoms with Crippen LogP contribution in [-0.2, 0) is 0 Å². The summed E-state index contributed by atoms with van der Waals surface area (Å²) in [5.74, 6) is -0.988. The second-order valence-electron chi connectivity index (χ2n) is 5.10. The third-order valence-corrected chi connectivity index (χ3v) is 4.68. The van der Waals surface area contributed by atoms with Crippen LogP contribution in [0.5, 0.6) is 0 Å². The summed E-state index contributed by atoms with van der Waals surface area (Å²) in [7, 11) is 0. The third kappa shape index (κ3) is 3.94. The van der Waals surface area contributed by atoms with Crippen LogP contribution in [0.1, 0.15) is 20.7 Å². The molecular weight excluding hydrogens is 340 g/mol. The lowest BCUT2D eigenvalue weighted by atomic mass is 10.0. The molecule has 0 N–H and O–H groups in total. The number of rotatable bonds is 5. The Hall–Kier alpha value is -2.36. The van der Waals surface area contributed by atoms with Gasteiger partial charge in [-0.1, -0.05) is 53.7 Å². The summed E-state index contributed by atoms with van der Waals surface area (Å²) in [5, 5.41) is 0.694. The molecule has 3 aromatic rings. The quantitative estimate of drug-likeness (QED) is 0.445. The molecule has 0 fully saturated rings. The van der Waals surface area contributed by atoms with Gasteiger partial charge in [0.2, 0.25) is 11.6 Å². The first kappa shape index (κ1) is 16.5. The molecule has 0 aliphatic heterocycles. The Bertz CT molecular complexity index is 856. The van der Waals surface area contributed by atoms with Crippen molar-refractivity contribution in [3.05, 3.63) is 95.0 Å². The lowest BCUT2D eigenvalue weighted by molar-refractivity contribution is 0.0817. The molecule has 0 atom stereocenters. The molecule has 4 heteroatoms. The van der Waals surface area contributed by atoms with Gasteiger partial charge in [-0.3, -0.25) is 9.59 Å². The standard InChI is InChI=1S/C20H13ClO2S/c21-16-8-12-18(13-9-16)24-17-10-6-15(7-11-17)20(23)19(22)14-4-2-1-3-5-14/h1-13H. The first-order valence-electron chi connectivity index (χ1n) is 7.31. The van der Waals surface area contributed by atoms with E-state index in [-0.39, 0.29) is 0 Å². The minimum Gasteiger partial charge on any atom is -0.285 e. The summed E-state index contributed by atoms with van der Waals surface area (Å²) in [6.45, 7) is 0. The molecule has 0 aliphatic carbocycles. The Kier molecular flexibility index (Phi) is 5.14. The fraction of sp³-hybridized carbons (Fsp3) is 0. The number of ketones is 2. The van der Waals surface area contributed by atoms with Crippen LogP contribution in [0.3, 0.4) is 0 Å². The van der Waals surface area contributed by atoms with Gasteiger partial charge < -0.3 is 0 Å². The zero-order valence-corrected chi connectivity index (χ0v) is 14.2. The van der Waals surface area contributed by atoms with Crippen LogP contribution in [0.15, 0.2) is 88.7 Å². The molecular formula is C20H13ClO2S. The van der Waals surface area contributed by atoms with E-state index in [0.29, 0.717) is 16.1 Å². The summed E-state index contributed by atoms with van der Waals surface area (Å²) in [6, 6.07) is 23.2. The van der Waals surface area contributed by atoms with Crippen molar-refractivity contribution in [1.82, 2.24) is 0 Å². The van der Waals surface area contributed by atoms with Crippen molar-refractivity contribution in [3.63, 3.8) is 0 Å². The molecule has 0 amide bonds. The Labute approximate surface area is 149 Å². The number of hydrogen-bond donors (Lipinski definition) is 0. The highest BCUT2D eigenvalue weighted by molar-refractivity contribution is 7.99. The van der Waals surface area contributed by atoms with Crippen molar-refractivity contribution in [2.45, 2.75) is 9.79 Å². The van der Waals surface area contributed by atoms with Gasteiger partial charge in [-0.15, -0.1) is 0 Å². The zero-order valence-electron chi connectivity index (χ0n) is 12.6. The van der Waals surface area contributed by atoms with Gasteiger partial charge in [0.25, 0.3) is 0 Å². The van der Waals surface area contributed by atoms with E-state index >= 15 is 0 Å². The van der Waals surface area contributed by atoms with E-state index in [0.717, 1.165) is 9.79 Å². The summed E-state index contributed by atoms with van der Waals surface area (Å²) in [5.41, 5.74) is 0.798. The van der Waals surface area contributed by atoms with Crippen LogP contribution >= 0.6 is 23.4 Å². The minimum atomic E-state index is -0.496. The van der Waals surface area contributed by atoms with Crippen LogP contribution in [0.25, 0.3) is 0 Å². The van der Waals surface area contributed by atoms with Gasteiger partial charge in [-0.2, -0.15) is 0 Å². The molecule has 3 aromatic carbocycles. The van der Waals surface area contributed by atoms with Crippen molar-refractivity contribution in [2.24, 2.45) is 0 Å². The lowest BCUT2D eigenvalue weighted by Crippen LogP contribution is -2.14. The average Bonchev–Trinajstić information content (AvgIpc) is 2.64. The molecule has 0 unspecified atom stereocenters. The molecule has 0 saturated carbocycles. The van der Waals surface area contributed by atoms with Crippen LogP contribution in [-0.4, -0.2) is 11.6 Å². The van der Waals surface area contributed by atoms with E-state index in [1.54, 1.807) is 48.2 Å². The average molecular weight is 353 g/mol. The van der Waals surface area contributed by atoms with E-state index in [2.05, 4.69) is 0 Å². The van der Waals surface area contributed by atoms with Crippen molar-refractivity contribution >= 4 is 34.9 Å². The fourth-order valence-corrected chi connectivity index (χ4v) is 3.11. The monoisotopic (exact) mass is 352 g/mol. The predicted octanol–water partition coefficient (Wildman–Crippen LogP) is 5.56. The van der Waals surface area contributed by atoms with Gasteiger partial charge >= 0.3 is 0 Å². The van der Waals surface area contributed by atoms with Crippen LogP contribution < -0.4 is 0 Å². The Morgan fingerprint density at radius 1 is 0.625 bits per heavy atom. The number of carbonyl (C=O) groups is 2. The first-order chi connectivity index (χ1) is 11.6. The SMILES string of the molecule is O=C(C(=O)c1ccc(Sc2ccc(Cl)cc2)cc1)c1ccccc1. The van der Waals surface area contributed by atoms with Crippen LogP contribution in [0.2, 0.25) is 5.02 Å². The molecule has 118 valence electrons. The molecule has 0 saturated heterocycles. The topological polar surface area (TPSA) is 34.1 Å². The van der Waals surface area contributed by atoms with E-state index in [1.165, 1.54) is 0 Å². The van der Waals surface area contributed by atoms with Crippen molar-refractivity contribution in [2.75, 3.05) is 0 Å². The number of carbonyl (C=O) groups excluding carboxylic acids is 2. The van der Waals surface area contributed by atoms with Crippen molar-refractivity contribution in [1.29, 1.82) is 0 Å². The summed E-state index contributed by atoms with van der Waals surface area (Å²) in [4.78, 5) is 26.5. The highest BCUT2D eigenvalue weighted by Gasteiger charge is 2.17. The van der Waals surface area contributed by atoms with E-state index in [9.17, 15) is 9.59 Å². The molecule has 0 bridgehead atoms. The minimum absolute atomic E-state index is 0.393. The van der Waals surface area contributed by atoms with Gasteiger partial charge in [0.05, 0.1) is 0 Å². The van der Waals surface area contributed by atoms with Crippen LogP contribution in [0.4, 0.5) is 0 Å². The summed E-state index contributed by atoms with van der Waals surface area (Å²) >= 11 is 7.44. The number of benzene rings is 3. The molecule has 24 heavy (non-hydrogen) atoms. The highest BCUT2D eigenvalue weighted by Crippen LogP contribution is 2.28. The van der Waals surface area contributed by atoms with Gasteiger partial charge in [0, 0.05) is 25.9 Å². The Balaban J connectivity index is 1.73. The molecule has 0 aliphatic rings. The Morgan fingerprint density at radius 2 is 1.08 bits per heavy atom. The first-order valence-corrected chi connectivity index (χ1v) is 8.50. The third-order valence-electron chi connectivity index (χ3n) is 3.41. The molecule has 0 spiro atoms. The Morgan fingerprint density at radius 3 is 1.62 bits per heavy atom. The highest BCUT2D eigenvalue weighted by atomic mass is 35.5. The smallest absolute Gasteiger partial charge is 0.233 e. The molecule has 0 radical (unpaired) electrons. The number of Topliss-reactive ketones (excluding diaryl/α,β-unsaturated/α-hetero) is 2. The predicted molar refractivity (Wildman–Crippen MR) is 97.1 cm³/mol. The van der Waals surface area contributed by atoms with E-state index in [1.807, 2.05) is 42.5 Å². The van der Waals surface area contributed by atoms with Crippen LogP contribution in [0, 0.1) is 0 Å². The maximum absolute atomic E-state index is 12.3. The summed E-state index contributed by atoms with van der Waals surface area (Å²) < 4.78 is 0. The van der Waals surface area contributed by atoms with Gasteiger partial charge in [0.1, 0.15) is 0 Å². The van der Waals surface area contributed by atoms with Crippen molar-refractivity contribution < 1.29 is 9.59 Å². The normalized spacial score (nSPS) is 10.4. The molecule has 0 aromatic heterocycles. The van der Waals surface area contributed by atoms with Gasteiger partial charge in [-0.25, -0.2) is 0 Å². The van der Waals surface area contributed by atoms with E-state index in [4.69, 9.17) is 11.6 Å². The van der Waals surface area contributed by atoms with Gasteiger partial charge in [0.15, 0.2) is 0 Å².